The van der Waals surface area contributed by atoms with Gasteiger partial charge in [0.05, 0.1) is 6.54 Å². The van der Waals surface area contributed by atoms with Crippen molar-refractivity contribution in [2.24, 2.45) is 0 Å². The Labute approximate surface area is 228 Å². The number of benzene rings is 2. The summed E-state index contributed by atoms with van der Waals surface area (Å²) in [6.07, 6.45) is 6.96. The fraction of sp³-hybridized carbons (Fsp3) is 0.290. The highest BCUT2D eigenvalue weighted by molar-refractivity contribution is 5.94. The number of hydrogen-bond donors (Lipinski definition) is 0. The third-order valence-electron chi connectivity index (χ3n) is 6.89. The Kier molecular flexibility index (Phi) is 8.01. The van der Waals surface area contributed by atoms with E-state index in [2.05, 4.69) is 23.1 Å². The van der Waals surface area contributed by atoms with Crippen LogP contribution >= 0.6 is 0 Å². The summed E-state index contributed by atoms with van der Waals surface area (Å²) in [4.78, 5) is 34.3. The summed E-state index contributed by atoms with van der Waals surface area (Å²) in [5.41, 5.74) is 5.10. The molecule has 0 aliphatic carbocycles. The van der Waals surface area contributed by atoms with E-state index in [9.17, 15) is 9.59 Å². The minimum atomic E-state index is -0.171. The van der Waals surface area contributed by atoms with Crippen LogP contribution in [0, 0.1) is 0 Å². The van der Waals surface area contributed by atoms with Gasteiger partial charge in [-0.25, -0.2) is 0 Å². The van der Waals surface area contributed by atoms with Crippen molar-refractivity contribution < 1.29 is 14.3 Å². The van der Waals surface area contributed by atoms with Gasteiger partial charge in [0.1, 0.15) is 18.1 Å². The molecule has 2 amide bonds. The van der Waals surface area contributed by atoms with E-state index in [1.807, 2.05) is 60.9 Å². The minimum absolute atomic E-state index is 0.0749. The number of nitrogens with zero attached hydrogens (tertiary/aromatic N) is 5. The van der Waals surface area contributed by atoms with Crippen LogP contribution in [0.1, 0.15) is 45.3 Å². The monoisotopic (exact) mass is 523 g/mol. The van der Waals surface area contributed by atoms with Gasteiger partial charge in [-0.05, 0) is 59.5 Å². The van der Waals surface area contributed by atoms with Crippen LogP contribution in [0.2, 0.25) is 0 Å². The summed E-state index contributed by atoms with van der Waals surface area (Å²) >= 11 is 0. The Morgan fingerprint density at radius 3 is 2.67 bits per heavy atom. The van der Waals surface area contributed by atoms with Gasteiger partial charge in [0.2, 0.25) is 0 Å². The molecule has 0 fully saturated rings. The van der Waals surface area contributed by atoms with Crippen molar-refractivity contribution >= 4 is 11.8 Å². The number of carbonyl (C=O) groups excluding carboxylic acids is 2. The molecule has 8 nitrogen and oxygen atoms in total. The Hall–Kier alpha value is -4.46. The van der Waals surface area contributed by atoms with Crippen LogP contribution in [-0.2, 0) is 13.0 Å². The fourth-order valence-electron chi connectivity index (χ4n) is 4.77. The van der Waals surface area contributed by atoms with Gasteiger partial charge in [-0.1, -0.05) is 31.2 Å². The highest BCUT2D eigenvalue weighted by atomic mass is 16.5. The summed E-state index contributed by atoms with van der Waals surface area (Å²) in [5, 5.41) is 4.46. The third-order valence-corrected chi connectivity index (χ3v) is 6.89. The van der Waals surface area contributed by atoms with Crippen LogP contribution in [0.25, 0.3) is 11.1 Å². The van der Waals surface area contributed by atoms with E-state index in [4.69, 9.17) is 4.74 Å². The van der Waals surface area contributed by atoms with Crippen LogP contribution in [-0.4, -0.2) is 69.7 Å². The molecule has 0 N–H and O–H groups in total. The molecule has 200 valence electrons. The number of fused-ring (bicyclic) bond motifs is 3. The van der Waals surface area contributed by atoms with Crippen molar-refractivity contribution in [3.63, 3.8) is 0 Å². The minimum Gasteiger partial charge on any atom is -0.491 e. The second-order valence-corrected chi connectivity index (χ2v) is 9.77. The molecular formula is C31H33N5O3. The zero-order valence-electron chi connectivity index (χ0n) is 22.4. The van der Waals surface area contributed by atoms with Crippen molar-refractivity contribution in [2.45, 2.75) is 26.3 Å². The molecule has 0 unspecified atom stereocenters. The van der Waals surface area contributed by atoms with Gasteiger partial charge in [0, 0.05) is 62.8 Å². The number of likely N-dealkylation sites (N-methyl/N-ethyl adjacent to an activating group) is 1. The topological polar surface area (TPSA) is 80.6 Å². The van der Waals surface area contributed by atoms with Gasteiger partial charge in [-0.3, -0.25) is 19.3 Å². The second kappa shape index (κ2) is 11.9. The maximum atomic E-state index is 13.4. The normalized spacial score (nSPS) is 14.4. The molecule has 0 atom stereocenters. The first-order valence-corrected chi connectivity index (χ1v) is 13.3. The highest BCUT2D eigenvalue weighted by Gasteiger charge is 2.21. The van der Waals surface area contributed by atoms with Gasteiger partial charge < -0.3 is 14.5 Å². The maximum absolute atomic E-state index is 13.4. The van der Waals surface area contributed by atoms with Gasteiger partial charge in [0.15, 0.2) is 0 Å². The van der Waals surface area contributed by atoms with E-state index >= 15 is 0 Å². The van der Waals surface area contributed by atoms with Gasteiger partial charge in [-0.15, -0.1) is 0 Å². The van der Waals surface area contributed by atoms with Crippen molar-refractivity contribution in [3.05, 3.63) is 102 Å². The lowest BCUT2D eigenvalue weighted by atomic mass is 9.98. The molecule has 1 aliphatic rings. The van der Waals surface area contributed by atoms with E-state index in [1.165, 1.54) is 0 Å². The number of aryl methyl sites for hydroxylation is 1. The summed E-state index contributed by atoms with van der Waals surface area (Å²) in [7, 11) is 1.77. The quantitative estimate of drug-likeness (QED) is 0.392. The Balaban J connectivity index is 1.47. The van der Waals surface area contributed by atoms with E-state index in [0.717, 1.165) is 41.0 Å². The van der Waals surface area contributed by atoms with Crippen molar-refractivity contribution in [3.8, 4) is 16.9 Å². The van der Waals surface area contributed by atoms with Crippen LogP contribution in [0.3, 0.4) is 0 Å². The summed E-state index contributed by atoms with van der Waals surface area (Å²) in [6.45, 7) is 4.29. The van der Waals surface area contributed by atoms with E-state index in [-0.39, 0.29) is 11.8 Å². The Morgan fingerprint density at radius 2 is 1.85 bits per heavy atom. The second-order valence-electron chi connectivity index (χ2n) is 9.77. The number of ether oxygens (including phenoxy) is 1. The maximum Gasteiger partial charge on any atom is 0.274 e. The van der Waals surface area contributed by atoms with Crippen LogP contribution < -0.4 is 4.74 Å². The van der Waals surface area contributed by atoms with Crippen LogP contribution in [0.5, 0.6) is 5.75 Å². The lowest BCUT2D eigenvalue weighted by molar-refractivity contribution is 0.0663. The fourth-order valence-corrected chi connectivity index (χ4v) is 4.77. The third kappa shape index (κ3) is 6.17. The van der Waals surface area contributed by atoms with Crippen LogP contribution in [0.15, 0.2) is 79.3 Å². The molecule has 39 heavy (non-hydrogen) atoms. The molecule has 2 aromatic carbocycles. The first-order valence-electron chi connectivity index (χ1n) is 13.3. The molecule has 3 heterocycles. The average molecular weight is 524 g/mol. The lowest BCUT2D eigenvalue weighted by Crippen LogP contribution is -2.41. The largest absolute Gasteiger partial charge is 0.491 e. The summed E-state index contributed by atoms with van der Waals surface area (Å²) < 4.78 is 8.07. The number of aromatic nitrogens is 3. The molecule has 0 spiro atoms. The van der Waals surface area contributed by atoms with Gasteiger partial charge >= 0.3 is 0 Å². The Morgan fingerprint density at radius 1 is 0.974 bits per heavy atom. The zero-order chi connectivity index (χ0) is 27.2. The zero-order valence-corrected chi connectivity index (χ0v) is 22.4. The van der Waals surface area contributed by atoms with Crippen LogP contribution in [0.4, 0.5) is 0 Å². The number of carbonyl (C=O) groups is 2. The molecule has 0 radical (unpaired) electrons. The molecular weight excluding hydrogens is 490 g/mol. The molecule has 4 aromatic rings. The summed E-state index contributed by atoms with van der Waals surface area (Å²) in [5.74, 6) is 0.512. The smallest absolute Gasteiger partial charge is 0.274 e. The molecule has 5 rings (SSSR count). The first-order chi connectivity index (χ1) is 19.0. The van der Waals surface area contributed by atoms with E-state index in [1.54, 1.807) is 33.8 Å². The molecule has 2 bridgehead atoms. The van der Waals surface area contributed by atoms with Gasteiger partial charge in [0.25, 0.3) is 11.8 Å². The SMILES string of the molecule is CCCn1ccc(C(=O)N2CCOc3ccc(-c4cccnc4)cc3Cc3cccc(c3)C(=O)N(C)CC2)n1. The standard InChI is InChI=1S/C31H33N5O3/c1-3-13-36-14-11-28(33-36)31(38)35-16-15-34(2)30(37)25-7-4-6-23(19-25)20-27-21-24(26-8-5-12-32-22-26)9-10-29(27)39-18-17-35/h4-12,14,19,21-22H,3,13,15-18,20H2,1-2H3. The van der Waals surface area contributed by atoms with E-state index in [0.29, 0.717) is 43.9 Å². The number of hydrogen-bond acceptors (Lipinski definition) is 5. The molecule has 0 saturated heterocycles. The predicted molar refractivity (Wildman–Crippen MR) is 150 cm³/mol. The molecule has 8 heteroatoms. The lowest BCUT2D eigenvalue weighted by Gasteiger charge is -2.26. The van der Waals surface area contributed by atoms with Crippen molar-refractivity contribution in [2.75, 3.05) is 33.3 Å². The van der Waals surface area contributed by atoms with Crippen molar-refractivity contribution in [1.82, 2.24) is 24.6 Å². The van der Waals surface area contributed by atoms with E-state index < -0.39 is 0 Å². The van der Waals surface area contributed by atoms with Crippen molar-refractivity contribution in [1.29, 1.82) is 0 Å². The summed E-state index contributed by atoms with van der Waals surface area (Å²) in [6, 6.07) is 19.5. The average Bonchev–Trinajstić information content (AvgIpc) is 3.43. The predicted octanol–water partition coefficient (Wildman–Crippen LogP) is 4.55. The molecule has 0 saturated carbocycles. The highest BCUT2D eigenvalue weighted by Crippen LogP contribution is 2.29. The van der Waals surface area contributed by atoms with Gasteiger partial charge in [-0.2, -0.15) is 5.10 Å². The number of rotatable bonds is 4. The number of amides is 2. The number of pyridine rings is 1. The molecule has 1 aliphatic heterocycles. The Bertz CT molecular complexity index is 1450. The first kappa shape index (κ1) is 26.2. The molecule has 2 aromatic heterocycles.